The molecule has 21 heavy (non-hydrogen) atoms. The Balaban J connectivity index is 1.85. The van der Waals surface area contributed by atoms with E-state index in [4.69, 9.17) is 0 Å². The van der Waals surface area contributed by atoms with Crippen molar-refractivity contribution in [2.45, 2.75) is 38.6 Å². The molecule has 1 aliphatic rings. The number of hydrogen-bond donors (Lipinski definition) is 3. The van der Waals surface area contributed by atoms with Gasteiger partial charge >= 0.3 is 0 Å². The molecule has 0 bridgehead atoms. The quantitative estimate of drug-likeness (QED) is 0.731. The summed E-state index contributed by atoms with van der Waals surface area (Å²) in [5, 5.41) is 15.9. The van der Waals surface area contributed by atoms with Crippen LogP contribution in [0.15, 0.2) is 30.3 Å². The number of phenolic OH excluding ortho intramolecular Hbond substituents is 1. The molecule has 1 heterocycles. The Morgan fingerprint density at radius 3 is 2.48 bits per heavy atom. The fourth-order valence-electron chi connectivity index (χ4n) is 2.13. The molecule has 0 atom stereocenters. The Morgan fingerprint density at radius 1 is 1.14 bits per heavy atom. The second-order valence-electron chi connectivity index (χ2n) is 5.75. The maximum Gasteiger partial charge on any atom is 0.225 e. The van der Waals surface area contributed by atoms with E-state index in [1.807, 2.05) is 18.2 Å². The zero-order chi connectivity index (χ0) is 14.8. The Morgan fingerprint density at radius 2 is 1.86 bits per heavy atom. The van der Waals surface area contributed by atoms with Gasteiger partial charge in [-0.2, -0.15) is 4.98 Å². The van der Waals surface area contributed by atoms with Crippen molar-refractivity contribution in [3.05, 3.63) is 36.0 Å². The first-order valence-electron chi connectivity index (χ1n) is 7.32. The SMILES string of the molecule is CC(C)Nc1nc(Nc2ccc(O)cc2)cc(C2CC2)n1. The van der Waals surface area contributed by atoms with Gasteiger partial charge in [-0.1, -0.05) is 0 Å². The lowest BCUT2D eigenvalue weighted by Crippen LogP contribution is -2.14. The summed E-state index contributed by atoms with van der Waals surface area (Å²) in [5.41, 5.74) is 1.98. The molecule has 2 aromatic rings. The summed E-state index contributed by atoms with van der Waals surface area (Å²) in [4.78, 5) is 9.09. The molecule has 0 amide bonds. The number of aromatic nitrogens is 2. The predicted octanol–water partition coefficient (Wildman–Crippen LogP) is 3.62. The van der Waals surface area contributed by atoms with Crippen LogP contribution < -0.4 is 10.6 Å². The van der Waals surface area contributed by atoms with Gasteiger partial charge in [-0.05, 0) is 51.0 Å². The van der Waals surface area contributed by atoms with Gasteiger partial charge in [0.05, 0.1) is 5.69 Å². The summed E-state index contributed by atoms with van der Waals surface area (Å²) < 4.78 is 0. The van der Waals surface area contributed by atoms with Gasteiger partial charge in [0.1, 0.15) is 11.6 Å². The number of phenols is 1. The highest BCUT2D eigenvalue weighted by Crippen LogP contribution is 2.40. The summed E-state index contributed by atoms with van der Waals surface area (Å²) in [6, 6.07) is 9.25. The molecule has 1 aromatic carbocycles. The Bertz CT molecular complexity index is 621. The Hall–Kier alpha value is -2.30. The van der Waals surface area contributed by atoms with Crippen LogP contribution in [-0.4, -0.2) is 21.1 Å². The second kappa shape index (κ2) is 5.60. The van der Waals surface area contributed by atoms with Crippen molar-refractivity contribution >= 4 is 17.5 Å². The molecule has 0 spiro atoms. The highest BCUT2D eigenvalue weighted by molar-refractivity contribution is 5.58. The van der Waals surface area contributed by atoms with E-state index in [-0.39, 0.29) is 5.75 Å². The van der Waals surface area contributed by atoms with E-state index >= 15 is 0 Å². The van der Waals surface area contributed by atoms with Crippen molar-refractivity contribution < 1.29 is 5.11 Å². The number of anilines is 3. The number of rotatable bonds is 5. The second-order valence-corrected chi connectivity index (χ2v) is 5.75. The molecular formula is C16H20N4O. The van der Waals surface area contributed by atoms with Crippen molar-refractivity contribution in [1.82, 2.24) is 9.97 Å². The molecule has 5 heteroatoms. The molecular weight excluding hydrogens is 264 g/mol. The fourth-order valence-corrected chi connectivity index (χ4v) is 2.13. The fraction of sp³-hybridized carbons (Fsp3) is 0.375. The van der Waals surface area contributed by atoms with E-state index in [1.54, 1.807) is 12.1 Å². The van der Waals surface area contributed by atoms with E-state index in [0.29, 0.717) is 17.9 Å². The van der Waals surface area contributed by atoms with Gasteiger partial charge < -0.3 is 15.7 Å². The largest absolute Gasteiger partial charge is 0.508 e. The molecule has 3 N–H and O–H groups in total. The average Bonchev–Trinajstić information content (AvgIpc) is 3.25. The van der Waals surface area contributed by atoms with E-state index < -0.39 is 0 Å². The molecule has 1 aromatic heterocycles. The molecule has 5 nitrogen and oxygen atoms in total. The average molecular weight is 284 g/mol. The van der Waals surface area contributed by atoms with Crippen molar-refractivity contribution in [2.24, 2.45) is 0 Å². The molecule has 0 unspecified atom stereocenters. The highest BCUT2D eigenvalue weighted by Gasteiger charge is 2.26. The van der Waals surface area contributed by atoms with Gasteiger partial charge in [-0.15, -0.1) is 0 Å². The summed E-state index contributed by atoms with van der Waals surface area (Å²) in [6.07, 6.45) is 2.41. The van der Waals surface area contributed by atoms with E-state index in [2.05, 4.69) is 34.4 Å². The van der Waals surface area contributed by atoms with E-state index in [1.165, 1.54) is 12.8 Å². The molecule has 1 fully saturated rings. The maximum absolute atomic E-state index is 9.33. The molecule has 0 saturated heterocycles. The number of hydrogen-bond acceptors (Lipinski definition) is 5. The lowest BCUT2D eigenvalue weighted by Gasteiger charge is -2.12. The number of nitrogens with one attached hydrogen (secondary N) is 2. The zero-order valence-corrected chi connectivity index (χ0v) is 12.3. The molecule has 0 radical (unpaired) electrons. The summed E-state index contributed by atoms with van der Waals surface area (Å²) >= 11 is 0. The smallest absolute Gasteiger partial charge is 0.225 e. The van der Waals surface area contributed by atoms with Crippen LogP contribution in [0.1, 0.15) is 38.3 Å². The Kier molecular flexibility index (Phi) is 3.64. The van der Waals surface area contributed by atoms with Crippen LogP contribution in [0.25, 0.3) is 0 Å². The van der Waals surface area contributed by atoms with Crippen molar-refractivity contribution in [3.8, 4) is 5.75 Å². The third-order valence-electron chi connectivity index (χ3n) is 3.30. The lowest BCUT2D eigenvalue weighted by atomic mass is 10.2. The number of benzene rings is 1. The van der Waals surface area contributed by atoms with Gasteiger partial charge in [0.25, 0.3) is 0 Å². The molecule has 0 aliphatic heterocycles. The van der Waals surface area contributed by atoms with Gasteiger partial charge in [-0.25, -0.2) is 4.98 Å². The van der Waals surface area contributed by atoms with E-state index in [9.17, 15) is 5.11 Å². The third-order valence-corrected chi connectivity index (χ3v) is 3.30. The summed E-state index contributed by atoms with van der Waals surface area (Å²) in [5.74, 6) is 2.27. The van der Waals surface area contributed by atoms with Gasteiger partial charge in [-0.3, -0.25) is 0 Å². The van der Waals surface area contributed by atoms with Crippen LogP contribution >= 0.6 is 0 Å². The van der Waals surface area contributed by atoms with Crippen molar-refractivity contribution in [2.75, 3.05) is 10.6 Å². The van der Waals surface area contributed by atoms with Crippen molar-refractivity contribution in [1.29, 1.82) is 0 Å². The first-order chi connectivity index (χ1) is 10.1. The van der Waals surface area contributed by atoms with Crippen molar-refractivity contribution in [3.63, 3.8) is 0 Å². The van der Waals surface area contributed by atoms with Gasteiger partial charge in [0.2, 0.25) is 5.95 Å². The lowest BCUT2D eigenvalue weighted by molar-refractivity contribution is 0.475. The number of aromatic hydroxyl groups is 1. The standard InChI is InChI=1S/C16H20N4O/c1-10(2)17-16-19-14(11-3-4-11)9-15(20-16)18-12-5-7-13(21)8-6-12/h5-11,21H,3-4H2,1-2H3,(H2,17,18,19,20). The summed E-state index contributed by atoms with van der Waals surface area (Å²) in [6.45, 7) is 4.14. The number of nitrogens with zero attached hydrogens (tertiary/aromatic N) is 2. The third kappa shape index (κ3) is 3.62. The van der Waals surface area contributed by atoms with Crippen LogP contribution in [0.4, 0.5) is 17.5 Å². The monoisotopic (exact) mass is 284 g/mol. The highest BCUT2D eigenvalue weighted by atomic mass is 16.3. The molecule has 3 rings (SSSR count). The molecule has 1 saturated carbocycles. The minimum Gasteiger partial charge on any atom is -0.508 e. The zero-order valence-electron chi connectivity index (χ0n) is 12.3. The van der Waals surface area contributed by atoms with Crippen LogP contribution in [0.3, 0.4) is 0 Å². The van der Waals surface area contributed by atoms with Crippen LogP contribution in [0.2, 0.25) is 0 Å². The molecule has 1 aliphatic carbocycles. The topological polar surface area (TPSA) is 70.1 Å². The molecule has 110 valence electrons. The van der Waals surface area contributed by atoms with Crippen LogP contribution in [0.5, 0.6) is 5.75 Å². The maximum atomic E-state index is 9.33. The van der Waals surface area contributed by atoms with E-state index in [0.717, 1.165) is 17.2 Å². The van der Waals surface area contributed by atoms with Gasteiger partial charge in [0, 0.05) is 23.7 Å². The minimum atomic E-state index is 0.254. The Labute approximate surface area is 124 Å². The summed E-state index contributed by atoms with van der Waals surface area (Å²) in [7, 11) is 0. The van der Waals surface area contributed by atoms with Crippen LogP contribution in [-0.2, 0) is 0 Å². The van der Waals surface area contributed by atoms with Crippen LogP contribution in [0, 0.1) is 0 Å². The minimum absolute atomic E-state index is 0.254. The predicted molar refractivity (Wildman–Crippen MR) is 84.2 cm³/mol. The first kappa shape index (κ1) is 13.7. The normalized spacial score (nSPS) is 14.2. The van der Waals surface area contributed by atoms with Gasteiger partial charge in [0.15, 0.2) is 0 Å². The first-order valence-corrected chi connectivity index (χ1v) is 7.32.